The molecule has 1 aromatic carbocycles. The molecule has 37 heavy (non-hydrogen) atoms. The average molecular weight is 519 g/mol. The molecule has 13 heteroatoms. The molecule has 4 atom stereocenters. The summed E-state index contributed by atoms with van der Waals surface area (Å²) in [4.78, 5) is 54.3. The normalized spacial score (nSPS) is 15.9. The first-order chi connectivity index (χ1) is 17.6. The Labute approximate surface area is 215 Å². The molecule has 0 spiro atoms. The average Bonchev–Trinajstić information content (AvgIpc) is 3.68. The van der Waals surface area contributed by atoms with Gasteiger partial charge in [-0.25, -0.2) is 0 Å². The minimum atomic E-state index is -1.30. The summed E-state index contributed by atoms with van der Waals surface area (Å²) in [7, 11) is 0. The number of aliphatic imine (C=N–C) groups is 1. The number of rotatable bonds is 16. The van der Waals surface area contributed by atoms with Crippen molar-refractivity contribution in [2.75, 3.05) is 13.2 Å². The fourth-order valence-electron chi connectivity index (χ4n) is 3.66. The fraction of sp³-hybridized carbons (Fsp3) is 0.542. The smallest absolute Gasteiger partial charge is 0.243 e. The molecular formula is C24H38N8O5. The van der Waals surface area contributed by atoms with Crippen LogP contribution in [0.3, 0.4) is 0 Å². The Bertz CT molecular complexity index is 950. The molecule has 2 rings (SSSR count). The summed E-state index contributed by atoms with van der Waals surface area (Å²) in [5, 5.41) is 17.1. The van der Waals surface area contributed by atoms with Gasteiger partial charge in [0, 0.05) is 13.0 Å². The Hall–Kier alpha value is -3.71. The number of nitrogens with two attached hydrogens (primary N) is 4. The lowest BCUT2D eigenvalue weighted by atomic mass is 10.0. The van der Waals surface area contributed by atoms with E-state index in [0.717, 1.165) is 18.4 Å². The molecule has 0 aromatic heterocycles. The molecule has 1 fully saturated rings. The van der Waals surface area contributed by atoms with Crippen LogP contribution in [-0.2, 0) is 25.6 Å². The first-order valence-electron chi connectivity index (χ1n) is 12.3. The molecule has 0 unspecified atom stereocenters. The van der Waals surface area contributed by atoms with Crippen LogP contribution in [0.4, 0.5) is 0 Å². The predicted octanol–water partition coefficient (Wildman–Crippen LogP) is -2.66. The molecule has 1 saturated carbocycles. The third-order valence-corrected chi connectivity index (χ3v) is 5.96. The van der Waals surface area contributed by atoms with Crippen LogP contribution in [0.15, 0.2) is 35.3 Å². The van der Waals surface area contributed by atoms with Gasteiger partial charge >= 0.3 is 0 Å². The summed E-state index contributed by atoms with van der Waals surface area (Å²) in [5.41, 5.74) is 22.5. The van der Waals surface area contributed by atoms with E-state index >= 15 is 0 Å². The van der Waals surface area contributed by atoms with Crippen LogP contribution >= 0.6 is 0 Å². The number of hydrogen-bond donors (Lipinski definition) is 8. The zero-order chi connectivity index (χ0) is 27.4. The first-order valence-corrected chi connectivity index (χ1v) is 12.3. The Morgan fingerprint density at radius 2 is 1.51 bits per heavy atom. The molecule has 4 amide bonds. The van der Waals surface area contributed by atoms with Gasteiger partial charge < -0.3 is 44.0 Å². The van der Waals surface area contributed by atoms with Crippen LogP contribution in [0.2, 0.25) is 0 Å². The minimum Gasteiger partial charge on any atom is -0.394 e. The van der Waals surface area contributed by atoms with Gasteiger partial charge in [0.05, 0.1) is 12.6 Å². The summed E-state index contributed by atoms with van der Waals surface area (Å²) in [6.07, 6.45) is 3.19. The van der Waals surface area contributed by atoms with Gasteiger partial charge in [-0.1, -0.05) is 43.2 Å². The van der Waals surface area contributed by atoms with Crippen LogP contribution in [-0.4, -0.2) is 72.0 Å². The molecule has 0 saturated heterocycles. The molecule has 204 valence electrons. The van der Waals surface area contributed by atoms with E-state index < -0.39 is 54.4 Å². The maximum atomic E-state index is 13.3. The van der Waals surface area contributed by atoms with Crippen LogP contribution in [0.1, 0.15) is 37.7 Å². The maximum Gasteiger partial charge on any atom is 0.243 e. The lowest BCUT2D eigenvalue weighted by molar-refractivity contribution is -0.134. The van der Waals surface area contributed by atoms with E-state index in [1.165, 1.54) is 0 Å². The third kappa shape index (κ3) is 10.8. The van der Waals surface area contributed by atoms with Gasteiger partial charge in [-0.05, 0) is 30.7 Å². The van der Waals surface area contributed by atoms with Crippen molar-refractivity contribution in [2.45, 2.75) is 62.7 Å². The van der Waals surface area contributed by atoms with Crippen LogP contribution in [0.5, 0.6) is 0 Å². The highest BCUT2D eigenvalue weighted by atomic mass is 16.3. The highest BCUT2D eigenvalue weighted by Crippen LogP contribution is 2.33. The van der Waals surface area contributed by atoms with Gasteiger partial charge in [0.15, 0.2) is 5.96 Å². The Morgan fingerprint density at radius 3 is 2.08 bits per heavy atom. The number of aliphatic hydroxyl groups is 1. The number of benzene rings is 1. The molecule has 13 nitrogen and oxygen atoms in total. The molecule has 1 aromatic rings. The zero-order valence-corrected chi connectivity index (χ0v) is 20.8. The third-order valence-electron chi connectivity index (χ3n) is 5.96. The van der Waals surface area contributed by atoms with Gasteiger partial charge in [-0.2, -0.15) is 0 Å². The Balaban J connectivity index is 2.09. The summed E-state index contributed by atoms with van der Waals surface area (Å²) in [6, 6.07) is 4.80. The molecule has 1 aliphatic carbocycles. The number of nitrogens with one attached hydrogen (secondary N) is 3. The topological polar surface area (TPSA) is 241 Å². The van der Waals surface area contributed by atoms with Crippen molar-refractivity contribution in [3.05, 3.63) is 35.9 Å². The molecule has 0 aliphatic heterocycles. The van der Waals surface area contributed by atoms with Crippen LogP contribution < -0.4 is 38.9 Å². The van der Waals surface area contributed by atoms with E-state index in [0.29, 0.717) is 25.8 Å². The lowest BCUT2D eigenvalue weighted by Crippen LogP contribution is -2.58. The number of primary amides is 1. The summed E-state index contributed by atoms with van der Waals surface area (Å²) in [6.45, 7) is -0.361. The fourth-order valence-corrected chi connectivity index (χ4v) is 3.66. The van der Waals surface area contributed by atoms with E-state index in [2.05, 4.69) is 20.9 Å². The quantitative estimate of drug-likeness (QED) is 0.0650. The van der Waals surface area contributed by atoms with E-state index in [-0.39, 0.29) is 18.3 Å². The Kier molecular flexibility index (Phi) is 11.8. The lowest BCUT2D eigenvalue weighted by Gasteiger charge is -2.25. The van der Waals surface area contributed by atoms with Crippen molar-refractivity contribution in [2.24, 2.45) is 33.8 Å². The molecule has 0 radical (unpaired) electrons. The number of nitrogens with zero attached hydrogens (tertiary/aromatic N) is 1. The SMILES string of the molecule is NC(=O)[C@H](CO)NC(=O)[C@H](Cc1ccccc1)NC(=O)[C@H](CC1CC1)NC(=O)[C@@H](N)CCCN=C(N)N. The van der Waals surface area contributed by atoms with Crippen LogP contribution in [0.25, 0.3) is 0 Å². The van der Waals surface area contributed by atoms with Crippen molar-refractivity contribution in [3.8, 4) is 0 Å². The highest BCUT2D eigenvalue weighted by molar-refractivity contribution is 5.94. The van der Waals surface area contributed by atoms with E-state index in [4.69, 9.17) is 22.9 Å². The van der Waals surface area contributed by atoms with Crippen molar-refractivity contribution in [1.29, 1.82) is 0 Å². The predicted molar refractivity (Wildman–Crippen MR) is 137 cm³/mol. The number of aliphatic hydroxyl groups excluding tert-OH is 1. The van der Waals surface area contributed by atoms with Gasteiger partial charge in [-0.15, -0.1) is 0 Å². The number of carbonyl (C=O) groups excluding carboxylic acids is 4. The minimum absolute atomic E-state index is 0.0468. The van der Waals surface area contributed by atoms with E-state index in [1.54, 1.807) is 24.3 Å². The molecule has 0 bridgehead atoms. The highest BCUT2D eigenvalue weighted by Gasteiger charge is 2.34. The second-order valence-electron chi connectivity index (χ2n) is 9.19. The molecule has 1 aliphatic rings. The van der Waals surface area contributed by atoms with Crippen LogP contribution in [0, 0.1) is 5.92 Å². The standard InChI is InChI=1S/C24H38N8O5/c25-16(7-4-10-29-24(27)28)21(35)30-17(12-15-8-9-15)22(36)31-18(11-14-5-2-1-3-6-14)23(37)32-19(13-33)20(26)34/h1-3,5-6,15-19,33H,4,7-13,25H2,(H2,26,34)(H,30,35)(H,31,36)(H,32,37)(H4,27,28,29)/t16-,17-,18-,19-/m0/s1. The molecule has 0 heterocycles. The van der Waals surface area contributed by atoms with Crippen molar-refractivity contribution in [3.63, 3.8) is 0 Å². The van der Waals surface area contributed by atoms with Crippen molar-refractivity contribution < 1.29 is 24.3 Å². The summed E-state index contributed by atoms with van der Waals surface area (Å²) in [5.74, 6) is -2.41. The second-order valence-corrected chi connectivity index (χ2v) is 9.19. The first kappa shape index (κ1) is 29.5. The molecular weight excluding hydrogens is 480 g/mol. The van der Waals surface area contributed by atoms with Gasteiger partial charge in [0.2, 0.25) is 23.6 Å². The molecule has 12 N–H and O–H groups in total. The van der Waals surface area contributed by atoms with E-state index in [1.807, 2.05) is 6.07 Å². The number of amides is 4. The van der Waals surface area contributed by atoms with Gasteiger partial charge in [0.25, 0.3) is 0 Å². The number of carbonyl (C=O) groups is 4. The Morgan fingerprint density at radius 1 is 0.919 bits per heavy atom. The number of guanidine groups is 1. The summed E-state index contributed by atoms with van der Waals surface area (Å²) < 4.78 is 0. The maximum absolute atomic E-state index is 13.3. The summed E-state index contributed by atoms with van der Waals surface area (Å²) >= 11 is 0. The van der Waals surface area contributed by atoms with Gasteiger partial charge in [-0.3, -0.25) is 24.2 Å². The second kappa shape index (κ2) is 14.8. The van der Waals surface area contributed by atoms with Crippen molar-refractivity contribution >= 4 is 29.6 Å². The largest absolute Gasteiger partial charge is 0.394 e. The monoisotopic (exact) mass is 518 g/mol. The zero-order valence-electron chi connectivity index (χ0n) is 20.8. The van der Waals surface area contributed by atoms with E-state index in [9.17, 15) is 24.3 Å². The van der Waals surface area contributed by atoms with Crippen molar-refractivity contribution in [1.82, 2.24) is 16.0 Å². The van der Waals surface area contributed by atoms with Gasteiger partial charge in [0.1, 0.15) is 18.1 Å². The number of hydrogen-bond acceptors (Lipinski definition) is 7.